The lowest BCUT2D eigenvalue weighted by Crippen LogP contribution is -2.51. The lowest BCUT2D eigenvalue weighted by molar-refractivity contribution is -0.154. The number of esters is 1. The van der Waals surface area contributed by atoms with Crippen LogP contribution in [0.25, 0.3) is 0 Å². The molecule has 0 bridgehead atoms. The highest BCUT2D eigenvalue weighted by atomic mass is 127. The maximum Gasteiger partial charge on any atom is 0.412 e. The van der Waals surface area contributed by atoms with E-state index >= 15 is 0 Å². The number of amides is 1. The van der Waals surface area contributed by atoms with Crippen LogP contribution in [0.5, 0.6) is 0 Å². The number of nitrogens with zero attached hydrogens (tertiary/aromatic N) is 1. The molecule has 0 aliphatic heterocycles. The van der Waals surface area contributed by atoms with Crippen molar-refractivity contribution in [3.05, 3.63) is 0 Å². The van der Waals surface area contributed by atoms with Gasteiger partial charge in [0.1, 0.15) is 12.3 Å². The van der Waals surface area contributed by atoms with Crippen LogP contribution in [0.2, 0.25) is 0 Å². The molecule has 0 aromatic carbocycles. The molecule has 1 atom stereocenters. The number of alkyl halides is 1. The van der Waals surface area contributed by atoms with Gasteiger partial charge in [-0.05, 0) is 27.7 Å². The quantitative estimate of drug-likeness (QED) is 0.183. The Balaban J connectivity index is 5.09. The van der Waals surface area contributed by atoms with E-state index in [1.54, 1.807) is 27.7 Å². The molecule has 8 heteroatoms. The third-order valence-electron chi connectivity index (χ3n) is 2.33. The van der Waals surface area contributed by atoms with Crippen LogP contribution in [-0.2, 0) is 23.7 Å². The Morgan fingerprint density at radius 3 is 2.36 bits per heavy atom. The molecule has 0 aromatic heterocycles. The number of rotatable bonds is 9. The van der Waals surface area contributed by atoms with E-state index in [1.165, 1.54) is 12.0 Å². The zero-order chi connectivity index (χ0) is 17.2. The van der Waals surface area contributed by atoms with Gasteiger partial charge in [0.15, 0.2) is 6.04 Å². The van der Waals surface area contributed by atoms with E-state index in [0.717, 1.165) is 4.43 Å². The van der Waals surface area contributed by atoms with Gasteiger partial charge < -0.3 is 18.9 Å². The summed E-state index contributed by atoms with van der Waals surface area (Å²) in [6.45, 7) is 7.60. The molecule has 0 aliphatic rings. The van der Waals surface area contributed by atoms with Crippen LogP contribution in [0.15, 0.2) is 0 Å². The average Bonchev–Trinajstić information content (AvgIpc) is 2.40. The largest absolute Gasteiger partial charge is 0.464 e. The summed E-state index contributed by atoms with van der Waals surface area (Å²) in [5.74, 6) is -0.543. The molecule has 1 amide bonds. The Kier molecular flexibility index (Phi) is 10.7. The van der Waals surface area contributed by atoms with Gasteiger partial charge in [-0.2, -0.15) is 0 Å². The molecule has 0 aromatic rings. The van der Waals surface area contributed by atoms with Crippen LogP contribution in [-0.4, -0.2) is 66.7 Å². The molecule has 0 heterocycles. The molecular weight excluding hydrogens is 405 g/mol. The summed E-state index contributed by atoms with van der Waals surface area (Å²) >= 11 is 2.16. The van der Waals surface area contributed by atoms with Crippen molar-refractivity contribution in [1.82, 2.24) is 4.90 Å². The van der Waals surface area contributed by atoms with Gasteiger partial charge in [-0.15, -0.1) is 0 Å². The molecule has 22 heavy (non-hydrogen) atoms. The number of methoxy groups -OCH3 is 1. The van der Waals surface area contributed by atoms with Crippen LogP contribution in [0, 0.1) is 0 Å². The van der Waals surface area contributed by atoms with Crippen LogP contribution < -0.4 is 0 Å². The second-order valence-corrected chi connectivity index (χ2v) is 6.48. The number of carbonyl (C=O) groups excluding carboxylic acids is 2. The predicted molar refractivity (Wildman–Crippen MR) is 90.1 cm³/mol. The standard InChI is InChI=1S/C14H26INO6/c1-6-21-12(17)11(9-20-8-7-15)16(10-19-5)13(18)22-14(2,3)4/h11H,6-10H2,1-5H3/t11-/m0/s1. The molecule has 0 saturated carbocycles. The van der Waals surface area contributed by atoms with Gasteiger partial charge in [0.05, 0.1) is 19.8 Å². The van der Waals surface area contributed by atoms with Crippen LogP contribution >= 0.6 is 22.6 Å². The normalized spacial score (nSPS) is 12.6. The van der Waals surface area contributed by atoms with E-state index in [9.17, 15) is 9.59 Å². The molecule has 0 radical (unpaired) electrons. The zero-order valence-corrected chi connectivity index (χ0v) is 16.0. The van der Waals surface area contributed by atoms with Gasteiger partial charge >= 0.3 is 12.1 Å². The Hall–Kier alpha value is -0.610. The van der Waals surface area contributed by atoms with Gasteiger partial charge in [0.2, 0.25) is 0 Å². The minimum absolute atomic E-state index is 0.0322. The Labute approximate surface area is 145 Å². The molecule has 0 spiro atoms. The van der Waals surface area contributed by atoms with Crippen molar-refractivity contribution in [2.75, 3.05) is 38.1 Å². The minimum Gasteiger partial charge on any atom is -0.464 e. The third kappa shape index (κ3) is 8.74. The summed E-state index contributed by atoms with van der Waals surface area (Å²) in [5, 5.41) is 0. The first-order chi connectivity index (χ1) is 10.3. The number of hydrogen-bond donors (Lipinski definition) is 0. The predicted octanol–water partition coefficient (Wildman–Crippen LogP) is 2.21. The van der Waals surface area contributed by atoms with Gasteiger partial charge in [-0.25, -0.2) is 9.59 Å². The first-order valence-corrected chi connectivity index (χ1v) is 8.58. The number of carbonyl (C=O) groups is 2. The van der Waals surface area contributed by atoms with Crippen molar-refractivity contribution in [2.45, 2.75) is 39.3 Å². The fourth-order valence-corrected chi connectivity index (χ4v) is 1.81. The monoisotopic (exact) mass is 431 g/mol. The van der Waals surface area contributed by atoms with Gasteiger partial charge in [0.25, 0.3) is 0 Å². The first-order valence-electron chi connectivity index (χ1n) is 7.05. The van der Waals surface area contributed by atoms with Gasteiger partial charge in [0, 0.05) is 11.5 Å². The Morgan fingerprint density at radius 1 is 1.27 bits per heavy atom. The third-order valence-corrected chi connectivity index (χ3v) is 2.77. The highest BCUT2D eigenvalue weighted by Gasteiger charge is 2.34. The molecule has 0 aliphatic carbocycles. The molecule has 0 unspecified atom stereocenters. The number of hydrogen-bond acceptors (Lipinski definition) is 6. The highest BCUT2D eigenvalue weighted by Crippen LogP contribution is 2.13. The van der Waals surface area contributed by atoms with E-state index in [2.05, 4.69) is 22.6 Å². The van der Waals surface area contributed by atoms with Crippen molar-refractivity contribution in [3.8, 4) is 0 Å². The van der Waals surface area contributed by atoms with Crippen molar-refractivity contribution >= 4 is 34.7 Å². The minimum atomic E-state index is -0.905. The van der Waals surface area contributed by atoms with Crippen LogP contribution in [0.4, 0.5) is 4.79 Å². The summed E-state index contributed by atoms with van der Waals surface area (Å²) in [7, 11) is 1.44. The number of halogens is 1. The van der Waals surface area contributed by atoms with Gasteiger partial charge in [-0.3, -0.25) is 4.90 Å². The average molecular weight is 431 g/mol. The highest BCUT2D eigenvalue weighted by molar-refractivity contribution is 14.1. The fourth-order valence-electron chi connectivity index (χ4n) is 1.50. The molecule has 7 nitrogen and oxygen atoms in total. The van der Waals surface area contributed by atoms with Crippen molar-refractivity contribution in [1.29, 1.82) is 0 Å². The van der Waals surface area contributed by atoms with Crippen LogP contribution in [0.1, 0.15) is 27.7 Å². The van der Waals surface area contributed by atoms with E-state index < -0.39 is 23.7 Å². The molecular formula is C14H26INO6. The lowest BCUT2D eigenvalue weighted by atomic mass is 10.2. The summed E-state index contributed by atoms with van der Waals surface area (Å²) in [4.78, 5) is 25.6. The van der Waals surface area contributed by atoms with Crippen LogP contribution in [0.3, 0.4) is 0 Å². The van der Waals surface area contributed by atoms with E-state index in [-0.39, 0.29) is 19.9 Å². The second kappa shape index (κ2) is 11.0. The molecule has 0 saturated heterocycles. The summed E-state index contributed by atoms with van der Waals surface area (Å²) in [6.07, 6.45) is -0.648. The summed E-state index contributed by atoms with van der Waals surface area (Å²) < 4.78 is 21.5. The Bertz CT molecular complexity index is 345. The Morgan fingerprint density at radius 2 is 1.91 bits per heavy atom. The van der Waals surface area contributed by atoms with Crippen molar-refractivity contribution in [3.63, 3.8) is 0 Å². The molecule has 0 rings (SSSR count). The van der Waals surface area contributed by atoms with E-state index in [4.69, 9.17) is 18.9 Å². The summed E-state index contributed by atoms with van der Waals surface area (Å²) in [5.41, 5.74) is -0.675. The van der Waals surface area contributed by atoms with E-state index in [1.807, 2.05) is 0 Å². The lowest BCUT2D eigenvalue weighted by Gasteiger charge is -2.31. The zero-order valence-electron chi connectivity index (χ0n) is 13.9. The van der Waals surface area contributed by atoms with Gasteiger partial charge in [-0.1, -0.05) is 22.6 Å². The molecule has 130 valence electrons. The van der Waals surface area contributed by atoms with Crippen molar-refractivity contribution < 1.29 is 28.5 Å². The fraction of sp³-hybridized carbons (Fsp3) is 0.857. The SMILES string of the molecule is CCOC(=O)[C@H](COCCI)N(COC)C(=O)OC(C)(C)C. The topological polar surface area (TPSA) is 74.3 Å². The smallest absolute Gasteiger partial charge is 0.412 e. The second-order valence-electron chi connectivity index (χ2n) is 5.40. The maximum atomic E-state index is 12.3. The van der Waals surface area contributed by atoms with E-state index in [0.29, 0.717) is 6.61 Å². The first kappa shape index (κ1) is 21.4. The number of ether oxygens (including phenoxy) is 4. The van der Waals surface area contributed by atoms with Crippen molar-refractivity contribution in [2.24, 2.45) is 0 Å². The maximum absolute atomic E-state index is 12.3. The molecule has 0 N–H and O–H groups in total. The summed E-state index contributed by atoms with van der Waals surface area (Å²) in [6, 6.07) is -0.905. The molecule has 0 fully saturated rings.